The maximum Gasteiger partial charge on any atom is 0.118 e. The van der Waals surface area contributed by atoms with E-state index in [9.17, 15) is 5.11 Å². The summed E-state index contributed by atoms with van der Waals surface area (Å²) in [7, 11) is 3.24. The minimum absolute atomic E-state index is 0.378. The van der Waals surface area contributed by atoms with Crippen LogP contribution in [0.25, 0.3) is 0 Å². The second kappa shape index (κ2) is 6.43. The molecule has 84 valence electrons. The molecule has 1 rings (SSSR count). The van der Waals surface area contributed by atoms with Crippen molar-refractivity contribution in [2.24, 2.45) is 0 Å². The number of hydrogen-bond acceptors (Lipinski definition) is 3. The lowest BCUT2D eigenvalue weighted by molar-refractivity contribution is 0.0595. The number of rotatable bonds is 6. The highest BCUT2D eigenvalue weighted by Gasteiger charge is 2.03. The van der Waals surface area contributed by atoms with Crippen molar-refractivity contribution in [1.29, 1.82) is 0 Å². The summed E-state index contributed by atoms with van der Waals surface area (Å²) in [6.45, 7) is 0.399. The Morgan fingerprint density at radius 2 is 1.87 bits per heavy atom. The van der Waals surface area contributed by atoms with Crippen molar-refractivity contribution in [3.63, 3.8) is 0 Å². The highest BCUT2D eigenvalue weighted by Crippen LogP contribution is 2.13. The summed E-state index contributed by atoms with van der Waals surface area (Å²) in [6.07, 6.45) is 1.20. The molecular formula is C12H18O3. The Morgan fingerprint density at radius 3 is 2.40 bits per heavy atom. The van der Waals surface area contributed by atoms with Crippen LogP contribution in [-0.2, 0) is 11.2 Å². The smallest absolute Gasteiger partial charge is 0.118 e. The van der Waals surface area contributed by atoms with E-state index in [-0.39, 0.29) is 6.10 Å². The van der Waals surface area contributed by atoms with Crippen LogP contribution in [0, 0.1) is 0 Å². The zero-order valence-corrected chi connectivity index (χ0v) is 9.27. The van der Waals surface area contributed by atoms with Gasteiger partial charge in [0.15, 0.2) is 0 Å². The Balaban J connectivity index is 2.37. The van der Waals surface area contributed by atoms with Gasteiger partial charge in [-0.05, 0) is 30.5 Å². The Morgan fingerprint density at radius 1 is 1.20 bits per heavy atom. The van der Waals surface area contributed by atoms with Gasteiger partial charge in [0.05, 0.1) is 19.8 Å². The van der Waals surface area contributed by atoms with Gasteiger partial charge in [0, 0.05) is 7.11 Å². The molecule has 0 bridgehead atoms. The predicted molar refractivity (Wildman–Crippen MR) is 59.2 cm³/mol. The zero-order valence-electron chi connectivity index (χ0n) is 9.27. The van der Waals surface area contributed by atoms with Gasteiger partial charge in [-0.3, -0.25) is 0 Å². The third-order valence-electron chi connectivity index (χ3n) is 2.28. The molecule has 0 spiro atoms. The van der Waals surface area contributed by atoms with Crippen molar-refractivity contribution < 1.29 is 14.6 Å². The van der Waals surface area contributed by atoms with E-state index in [1.165, 1.54) is 5.56 Å². The molecule has 15 heavy (non-hydrogen) atoms. The van der Waals surface area contributed by atoms with Gasteiger partial charge in [-0.15, -0.1) is 0 Å². The molecule has 0 radical (unpaired) electrons. The van der Waals surface area contributed by atoms with Crippen LogP contribution in [0.4, 0.5) is 0 Å². The SMILES string of the molecule is COCC(O)CCc1ccc(OC)cc1. The molecule has 3 nitrogen and oxygen atoms in total. The molecular weight excluding hydrogens is 192 g/mol. The van der Waals surface area contributed by atoms with Gasteiger partial charge in [-0.25, -0.2) is 0 Å². The van der Waals surface area contributed by atoms with Crippen LogP contribution in [0.3, 0.4) is 0 Å². The molecule has 1 N–H and O–H groups in total. The second-order valence-electron chi connectivity index (χ2n) is 3.50. The van der Waals surface area contributed by atoms with Crippen molar-refractivity contribution in [1.82, 2.24) is 0 Å². The Bertz CT molecular complexity index is 269. The van der Waals surface area contributed by atoms with Crippen LogP contribution >= 0.6 is 0 Å². The summed E-state index contributed by atoms with van der Waals surface area (Å²) >= 11 is 0. The fourth-order valence-corrected chi connectivity index (χ4v) is 1.40. The first-order chi connectivity index (χ1) is 7.26. The third-order valence-corrected chi connectivity index (χ3v) is 2.28. The molecule has 0 aliphatic rings. The minimum Gasteiger partial charge on any atom is -0.497 e. The van der Waals surface area contributed by atoms with Crippen molar-refractivity contribution in [3.8, 4) is 5.75 Å². The monoisotopic (exact) mass is 210 g/mol. The molecule has 1 aromatic rings. The van der Waals surface area contributed by atoms with Crippen LogP contribution in [0.1, 0.15) is 12.0 Å². The van der Waals surface area contributed by atoms with Crippen molar-refractivity contribution in [3.05, 3.63) is 29.8 Å². The van der Waals surface area contributed by atoms with Crippen molar-refractivity contribution in [2.45, 2.75) is 18.9 Å². The molecule has 1 unspecified atom stereocenters. The summed E-state index contributed by atoms with van der Waals surface area (Å²) in [5.41, 5.74) is 1.20. The number of aliphatic hydroxyl groups excluding tert-OH is 1. The molecule has 0 heterocycles. The Labute approximate surface area is 90.6 Å². The molecule has 0 saturated heterocycles. The quantitative estimate of drug-likeness (QED) is 0.775. The number of aryl methyl sites for hydroxylation is 1. The van der Waals surface area contributed by atoms with E-state index in [2.05, 4.69) is 0 Å². The summed E-state index contributed by atoms with van der Waals surface area (Å²) in [4.78, 5) is 0. The van der Waals surface area contributed by atoms with E-state index in [1.807, 2.05) is 24.3 Å². The highest BCUT2D eigenvalue weighted by molar-refractivity contribution is 5.27. The summed E-state index contributed by atoms with van der Waals surface area (Å²) < 4.78 is 9.92. The van der Waals surface area contributed by atoms with E-state index < -0.39 is 0 Å². The first-order valence-corrected chi connectivity index (χ1v) is 5.06. The van der Waals surface area contributed by atoms with Gasteiger partial charge >= 0.3 is 0 Å². The molecule has 0 aromatic heterocycles. The number of ether oxygens (including phenoxy) is 2. The summed E-state index contributed by atoms with van der Waals surface area (Å²) in [6, 6.07) is 7.88. The van der Waals surface area contributed by atoms with Crippen molar-refractivity contribution in [2.75, 3.05) is 20.8 Å². The maximum absolute atomic E-state index is 9.46. The topological polar surface area (TPSA) is 38.7 Å². The van der Waals surface area contributed by atoms with E-state index in [1.54, 1.807) is 14.2 Å². The molecule has 3 heteroatoms. The summed E-state index contributed by atoms with van der Waals surface area (Å²) in [5.74, 6) is 0.858. The Kier molecular flexibility index (Phi) is 5.15. The number of benzene rings is 1. The largest absolute Gasteiger partial charge is 0.497 e. The zero-order chi connectivity index (χ0) is 11.1. The van der Waals surface area contributed by atoms with E-state index in [4.69, 9.17) is 9.47 Å². The molecule has 0 amide bonds. The molecule has 0 aliphatic heterocycles. The maximum atomic E-state index is 9.46. The number of aliphatic hydroxyl groups is 1. The van der Waals surface area contributed by atoms with Gasteiger partial charge in [0.2, 0.25) is 0 Å². The predicted octanol–water partition coefficient (Wildman–Crippen LogP) is 1.64. The summed E-state index contributed by atoms with van der Waals surface area (Å²) in [5, 5.41) is 9.46. The number of methoxy groups -OCH3 is 2. The second-order valence-corrected chi connectivity index (χ2v) is 3.50. The van der Waals surface area contributed by atoms with Crippen LogP contribution < -0.4 is 4.74 Å². The van der Waals surface area contributed by atoms with E-state index in [0.29, 0.717) is 6.61 Å². The molecule has 1 aromatic carbocycles. The van der Waals surface area contributed by atoms with Gasteiger partial charge < -0.3 is 14.6 Å². The molecule has 0 saturated carbocycles. The normalized spacial score (nSPS) is 12.5. The third kappa shape index (κ3) is 4.32. The lowest BCUT2D eigenvalue weighted by atomic mass is 10.1. The van der Waals surface area contributed by atoms with E-state index >= 15 is 0 Å². The Hall–Kier alpha value is -1.06. The van der Waals surface area contributed by atoms with Crippen LogP contribution in [0.15, 0.2) is 24.3 Å². The average molecular weight is 210 g/mol. The number of hydrogen-bond donors (Lipinski definition) is 1. The van der Waals surface area contributed by atoms with Crippen LogP contribution in [-0.4, -0.2) is 32.0 Å². The highest BCUT2D eigenvalue weighted by atomic mass is 16.5. The minimum atomic E-state index is -0.378. The molecule has 0 fully saturated rings. The fraction of sp³-hybridized carbons (Fsp3) is 0.500. The lowest BCUT2D eigenvalue weighted by Gasteiger charge is -2.09. The van der Waals surface area contributed by atoms with Gasteiger partial charge in [-0.2, -0.15) is 0 Å². The van der Waals surface area contributed by atoms with Gasteiger partial charge in [-0.1, -0.05) is 12.1 Å². The average Bonchev–Trinajstić information content (AvgIpc) is 2.27. The van der Waals surface area contributed by atoms with Gasteiger partial charge in [0.25, 0.3) is 0 Å². The fourth-order valence-electron chi connectivity index (χ4n) is 1.40. The van der Waals surface area contributed by atoms with Crippen molar-refractivity contribution >= 4 is 0 Å². The first-order valence-electron chi connectivity index (χ1n) is 5.06. The van der Waals surface area contributed by atoms with Crippen LogP contribution in [0.5, 0.6) is 5.75 Å². The standard InChI is InChI=1S/C12H18O3/c1-14-9-11(13)6-3-10-4-7-12(15-2)8-5-10/h4-5,7-8,11,13H,3,6,9H2,1-2H3. The lowest BCUT2D eigenvalue weighted by Crippen LogP contribution is -2.14. The molecule has 1 atom stereocenters. The first kappa shape index (κ1) is 12.0. The van der Waals surface area contributed by atoms with E-state index in [0.717, 1.165) is 18.6 Å². The van der Waals surface area contributed by atoms with Gasteiger partial charge in [0.1, 0.15) is 5.75 Å². The molecule has 0 aliphatic carbocycles. The van der Waals surface area contributed by atoms with Crippen LogP contribution in [0.2, 0.25) is 0 Å².